The highest BCUT2D eigenvalue weighted by atomic mass is 16.7. The quantitative estimate of drug-likeness (QED) is 0.0385. The van der Waals surface area contributed by atoms with Crippen molar-refractivity contribution < 1.29 is 74.4 Å². The van der Waals surface area contributed by atoms with Gasteiger partial charge in [-0.25, -0.2) is 0 Å². The summed E-state index contributed by atoms with van der Waals surface area (Å²) in [6.07, 6.45) is -12.9. The van der Waals surface area contributed by atoms with E-state index in [-0.39, 0.29) is 59.3 Å². The van der Waals surface area contributed by atoms with Gasteiger partial charge in [-0.05, 0) is 6.42 Å². The van der Waals surface area contributed by atoms with E-state index in [9.17, 15) is 30.6 Å². The molecular weight excluding hydrogens is 504 g/mol. The van der Waals surface area contributed by atoms with Gasteiger partial charge in [0.25, 0.3) is 0 Å². The summed E-state index contributed by atoms with van der Waals surface area (Å²) in [6.45, 7) is -0.233. The third kappa shape index (κ3) is 14.4. The molecule has 0 spiro atoms. The van der Waals surface area contributed by atoms with Crippen LogP contribution in [0.15, 0.2) is 0 Å². The highest BCUT2D eigenvalue weighted by Crippen LogP contribution is 2.22. The Morgan fingerprint density at radius 2 is 1.16 bits per heavy atom. The zero-order valence-electron chi connectivity index (χ0n) is 21.4. The standard InChI is InChI=1S/C22H46O15/c1-14(13-34-10-5-24)18(32-2)17(28)20(36-12-7-26)22(31)37-15(3-8-33-9-4-23)16(27)19(21(29)30)35-11-6-25/h14-31H,3-13H2,1-2H3/t14?,15-,16?,17+,18?,19?,20+,22?/m1/s1. The van der Waals surface area contributed by atoms with Crippen molar-refractivity contribution in [2.24, 2.45) is 5.92 Å². The van der Waals surface area contributed by atoms with E-state index in [1.54, 1.807) is 6.92 Å². The first kappa shape index (κ1) is 36.4. The molecule has 15 heteroatoms. The molecule has 0 aromatic rings. The van der Waals surface area contributed by atoms with Crippen LogP contribution in [0.5, 0.6) is 0 Å². The van der Waals surface area contributed by atoms with Crippen LogP contribution >= 0.6 is 0 Å². The summed E-state index contributed by atoms with van der Waals surface area (Å²) in [6, 6.07) is 0. The van der Waals surface area contributed by atoms with Crippen LogP contribution in [0.25, 0.3) is 0 Å². The number of aliphatic hydroxyl groups excluding tert-OH is 8. The number of rotatable bonds is 25. The summed E-state index contributed by atoms with van der Waals surface area (Å²) in [5.74, 6) is -0.437. The van der Waals surface area contributed by atoms with Crippen LogP contribution in [0.3, 0.4) is 0 Å². The van der Waals surface area contributed by atoms with E-state index in [1.807, 2.05) is 0 Å². The normalized spacial score (nSPS) is 18.8. The molecule has 0 aromatic heterocycles. The van der Waals surface area contributed by atoms with Crippen molar-refractivity contribution in [3.63, 3.8) is 0 Å². The smallest absolute Gasteiger partial charge is 0.184 e. The molecule has 0 aliphatic heterocycles. The molecule has 0 heterocycles. The Kier molecular flexibility index (Phi) is 21.9. The minimum atomic E-state index is -2.17. The van der Waals surface area contributed by atoms with E-state index in [0.29, 0.717) is 0 Å². The van der Waals surface area contributed by atoms with Crippen molar-refractivity contribution >= 4 is 0 Å². The minimum absolute atomic E-state index is 0.0227. The predicted octanol–water partition coefficient (Wildman–Crippen LogP) is -4.46. The average Bonchev–Trinajstić information content (AvgIpc) is 2.86. The zero-order valence-corrected chi connectivity index (χ0v) is 21.4. The van der Waals surface area contributed by atoms with Gasteiger partial charge in [0.2, 0.25) is 0 Å². The second kappa shape index (κ2) is 22.2. The largest absolute Gasteiger partial charge is 0.394 e. The van der Waals surface area contributed by atoms with Gasteiger partial charge in [0.1, 0.15) is 24.4 Å². The monoisotopic (exact) mass is 550 g/mol. The van der Waals surface area contributed by atoms with Gasteiger partial charge in [-0.3, -0.25) is 0 Å². The van der Waals surface area contributed by atoms with E-state index in [1.165, 1.54) is 7.11 Å². The second-order valence-electron chi connectivity index (χ2n) is 8.18. The van der Waals surface area contributed by atoms with E-state index in [4.69, 9.17) is 43.7 Å². The highest BCUT2D eigenvalue weighted by molar-refractivity contribution is 4.86. The highest BCUT2D eigenvalue weighted by Gasteiger charge is 2.41. The molecule has 0 fully saturated rings. The van der Waals surface area contributed by atoms with Crippen molar-refractivity contribution in [2.75, 3.05) is 73.2 Å². The molecule has 0 aliphatic carbocycles. The maximum Gasteiger partial charge on any atom is 0.184 e. The molecule has 0 rings (SSSR count). The molecule has 0 saturated carbocycles. The minimum Gasteiger partial charge on any atom is -0.394 e. The molecule has 0 radical (unpaired) electrons. The fourth-order valence-corrected chi connectivity index (χ4v) is 3.57. The first-order valence-electron chi connectivity index (χ1n) is 12.1. The lowest BCUT2D eigenvalue weighted by Crippen LogP contribution is -2.54. The van der Waals surface area contributed by atoms with E-state index >= 15 is 0 Å². The van der Waals surface area contributed by atoms with Crippen LogP contribution in [-0.4, -0.2) is 168 Å². The maximum atomic E-state index is 11.0. The van der Waals surface area contributed by atoms with Gasteiger partial charge in [-0.2, -0.15) is 0 Å². The molecule has 8 atom stereocenters. The van der Waals surface area contributed by atoms with Crippen molar-refractivity contribution in [2.45, 2.75) is 62.5 Å². The van der Waals surface area contributed by atoms with Gasteiger partial charge in [0.15, 0.2) is 12.6 Å². The maximum absolute atomic E-state index is 11.0. The molecule has 0 amide bonds. The van der Waals surface area contributed by atoms with Crippen LogP contribution in [0.2, 0.25) is 0 Å². The Balaban J connectivity index is 5.73. The number of ether oxygens (including phenoxy) is 6. The third-order valence-corrected chi connectivity index (χ3v) is 5.31. The Bertz CT molecular complexity index is 514. The molecular formula is C22H46O15. The van der Waals surface area contributed by atoms with Crippen molar-refractivity contribution in [3.8, 4) is 0 Å². The van der Waals surface area contributed by atoms with Crippen molar-refractivity contribution in [1.29, 1.82) is 0 Å². The fraction of sp³-hybridized carbons (Fsp3) is 1.00. The summed E-state index contributed by atoms with van der Waals surface area (Å²) in [7, 11) is 1.32. The van der Waals surface area contributed by atoms with Crippen molar-refractivity contribution in [1.82, 2.24) is 0 Å². The molecule has 224 valence electrons. The second-order valence-corrected chi connectivity index (χ2v) is 8.18. The molecule has 15 nitrogen and oxygen atoms in total. The van der Waals surface area contributed by atoms with Gasteiger partial charge >= 0.3 is 0 Å². The van der Waals surface area contributed by atoms with E-state index in [2.05, 4.69) is 0 Å². The van der Waals surface area contributed by atoms with Crippen LogP contribution < -0.4 is 0 Å². The molecule has 0 aliphatic rings. The lowest BCUT2D eigenvalue weighted by molar-refractivity contribution is -0.270. The third-order valence-electron chi connectivity index (χ3n) is 5.31. The Morgan fingerprint density at radius 1 is 0.622 bits per heavy atom. The van der Waals surface area contributed by atoms with Gasteiger partial charge in [0.05, 0.1) is 71.7 Å². The molecule has 9 N–H and O–H groups in total. The van der Waals surface area contributed by atoms with Crippen LogP contribution in [0.1, 0.15) is 13.3 Å². The van der Waals surface area contributed by atoms with Crippen molar-refractivity contribution in [3.05, 3.63) is 0 Å². The van der Waals surface area contributed by atoms with Crippen LogP contribution in [-0.2, 0) is 28.4 Å². The first-order chi connectivity index (χ1) is 17.7. The summed E-state index contributed by atoms with van der Waals surface area (Å²) in [5.41, 5.74) is 0. The number of methoxy groups -OCH3 is 1. The number of aliphatic hydroxyl groups is 9. The topological polar surface area (TPSA) is 237 Å². The molecule has 0 aromatic carbocycles. The molecule has 5 unspecified atom stereocenters. The van der Waals surface area contributed by atoms with Gasteiger partial charge < -0.3 is 74.4 Å². The van der Waals surface area contributed by atoms with Gasteiger partial charge in [0, 0.05) is 19.6 Å². The molecule has 0 saturated heterocycles. The predicted molar refractivity (Wildman–Crippen MR) is 125 cm³/mol. The summed E-state index contributed by atoms with van der Waals surface area (Å²) in [5, 5.41) is 87.9. The fourth-order valence-electron chi connectivity index (χ4n) is 3.57. The lowest BCUT2D eigenvalue weighted by atomic mass is 9.96. The first-order valence-corrected chi connectivity index (χ1v) is 12.1. The molecule has 0 bridgehead atoms. The number of hydrogen-bond donors (Lipinski definition) is 9. The Labute approximate surface area is 216 Å². The van der Waals surface area contributed by atoms with Gasteiger partial charge in [-0.1, -0.05) is 6.92 Å². The zero-order chi connectivity index (χ0) is 28.2. The lowest BCUT2D eigenvalue weighted by Gasteiger charge is -2.37. The van der Waals surface area contributed by atoms with E-state index in [0.717, 1.165) is 0 Å². The summed E-state index contributed by atoms with van der Waals surface area (Å²) >= 11 is 0. The van der Waals surface area contributed by atoms with Crippen LogP contribution in [0.4, 0.5) is 0 Å². The van der Waals surface area contributed by atoms with Crippen LogP contribution in [0, 0.1) is 5.92 Å². The molecule has 37 heavy (non-hydrogen) atoms. The number of hydrogen-bond acceptors (Lipinski definition) is 15. The summed E-state index contributed by atoms with van der Waals surface area (Å²) in [4.78, 5) is 0. The Morgan fingerprint density at radius 3 is 1.68 bits per heavy atom. The van der Waals surface area contributed by atoms with Gasteiger partial charge in [-0.15, -0.1) is 0 Å². The summed E-state index contributed by atoms with van der Waals surface area (Å²) < 4.78 is 31.9. The van der Waals surface area contributed by atoms with E-state index < -0.39 is 68.3 Å². The average molecular weight is 551 g/mol. The SMILES string of the molecule is COC(C(C)COCCO)[C@H](O)[C@H](OCCO)C(O)O[C@H](CCOCCO)C(O)C(OCCO)C(O)O. The Hall–Kier alpha value is -0.600.